The van der Waals surface area contributed by atoms with Crippen LogP contribution in [0.4, 0.5) is 4.39 Å². The third-order valence-electron chi connectivity index (χ3n) is 3.40. The smallest absolute Gasteiger partial charge is 0.303 e. The molecule has 2 rings (SSSR count). The number of phenolic OH excluding ortho intramolecular Hbond substituents is 1. The van der Waals surface area contributed by atoms with Crippen LogP contribution in [0.15, 0.2) is 47.5 Å². The van der Waals surface area contributed by atoms with Crippen molar-refractivity contribution in [3.05, 3.63) is 59.4 Å². The molecule has 0 fully saturated rings. The quantitative estimate of drug-likeness (QED) is 0.603. The summed E-state index contributed by atoms with van der Waals surface area (Å²) >= 11 is 0. The van der Waals surface area contributed by atoms with Gasteiger partial charge in [0.1, 0.15) is 17.3 Å². The topological polar surface area (TPSA) is 79.1 Å². The van der Waals surface area contributed by atoms with Gasteiger partial charge in [-0.2, -0.15) is 0 Å². The van der Waals surface area contributed by atoms with E-state index in [9.17, 15) is 14.3 Å². The number of rotatable bonds is 7. The maximum absolute atomic E-state index is 13.6. The van der Waals surface area contributed by atoms with Gasteiger partial charge in [-0.05, 0) is 48.9 Å². The summed E-state index contributed by atoms with van der Waals surface area (Å²) in [6.45, 7) is 0.254. The van der Waals surface area contributed by atoms with Gasteiger partial charge in [-0.15, -0.1) is 0 Å². The summed E-state index contributed by atoms with van der Waals surface area (Å²) in [6, 6.07) is 10.6. The number of halogens is 1. The van der Waals surface area contributed by atoms with Crippen molar-refractivity contribution in [1.82, 2.24) is 0 Å². The normalized spacial score (nSPS) is 11.3. The van der Waals surface area contributed by atoms with E-state index in [0.717, 1.165) is 6.07 Å². The lowest BCUT2D eigenvalue weighted by Gasteiger charge is -2.10. The van der Waals surface area contributed by atoms with Crippen molar-refractivity contribution in [3.8, 4) is 11.5 Å². The molecule has 6 heteroatoms. The first kappa shape index (κ1) is 17.5. The molecule has 2 aromatic rings. The molecule has 126 valence electrons. The van der Waals surface area contributed by atoms with E-state index in [4.69, 9.17) is 9.84 Å². The first-order valence-electron chi connectivity index (χ1n) is 7.41. The number of phenols is 1. The van der Waals surface area contributed by atoms with Crippen LogP contribution in [0.25, 0.3) is 0 Å². The van der Waals surface area contributed by atoms with Crippen LogP contribution in [-0.2, 0) is 4.79 Å². The SMILES string of the molecule is [11CH3]Oc1ccc(C(=NCCCC(=O)O)c2cc(F)ccc2O)cc1. The number of ether oxygens (including phenoxy) is 1. The van der Waals surface area contributed by atoms with Gasteiger partial charge < -0.3 is 14.9 Å². The van der Waals surface area contributed by atoms with Gasteiger partial charge in [-0.3, -0.25) is 9.79 Å². The molecule has 2 N–H and O–H groups in total. The Labute approximate surface area is 139 Å². The Kier molecular flexibility index (Phi) is 5.89. The molecule has 2 aromatic carbocycles. The van der Waals surface area contributed by atoms with Gasteiger partial charge >= 0.3 is 5.97 Å². The predicted molar refractivity (Wildman–Crippen MR) is 88.4 cm³/mol. The first-order valence-corrected chi connectivity index (χ1v) is 7.41. The van der Waals surface area contributed by atoms with Crippen LogP contribution in [0.3, 0.4) is 0 Å². The fourth-order valence-electron chi connectivity index (χ4n) is 2.20. The molecule has 0 bridgehead atoms. The third kappa shape index (κ3) is 4.55. The van der Waals surface area contributed by atoms with Crippen LogP contribution >= 0.6 is 0 Å². The van der Waals surface area contributed by atoms with Crippen molar-refractivity contribution < 1.29 is 24.1 Å². The standard InChI is InChI=1S/C18H18FNO4/c1-24-14-7-4-12(5-8-14)18(20-10-2-3-17(22)23)15-11-13(19)6-9-16(15)21/h4-9,11,21H,2-3,10H2,1H3,(H,22,23)/i1-1. The highest BCUT2D eigenvalue weighted by Gasteiger charge is 2.13. The molecule has 0 aliphatic heterocycles. The van der Waals surface area contributed by atoms with Gasteiger partial charge in [0.15, 0.2) is 0 Å². The van der Waals surface area contributed by atoms with Gasteiger partial charge in [0.05, 0.1) is 12.8 Å². The molecule has 0 amide bonds. The number of carboxylic acids is 1. The molecule has 0 saturated carbocycles. The zero-order chi connectivity index (χ0) is 17.5. The molecule has 0 spiro atoms. The van der Waals surface area contributed by atoms with Crippen molar-refractivity contribution in [3.63, 3.8) is 0 Å². The number of carboxylic acid groups (broad SMARTS) is 1. The summed E-state index contributed by atoms with van der Waals surface area (Å²) in [5.74, 6) is -0.823. The number of methoxy groups -OCH3 is 1. The van der Waals surface area contributed by atoms with Gasteiger partial charge in [-0.1, -0.05) is 0 Å². The number of carbonyl (C=O) groups is 1. The lowest BCUT2D eigenvalue weighted by atomic mass is 10.0. The molecule has 0 aliphatic carbocycles. The monoisotopic (exact) mass is 330 g/mol. The summed E-state index contributed by atoms with van der Waals surface area (Å²) in [4.78, 5) is 15.0. The second-order valence-electron chi connectivity index (χ2n) is 5.12. The van der Waals surface area contributed by atoms with E-state index in [2.05, 4.69) is 4.99 Å². The number of aliphatic carboxylic acids is 1. The molecule has 0 aromatic heterocycles. The predicted octanol–water partition coefficient (Wildman–Crippen LogP) is 3.24. The summed E-state index contributed by atoms with van der Waals surface area (Å²) in [7, 11) is 1.55. The highest BCUT2D eigenvalue weighted by atomic mass is 19.1. The number of hydrogen-bond acceptors (Lipinski definition) is 4. The van der Waals surface area contributed by atoms with Crippen molar-refractivity contribution in [1.29, 1.82) is 0 Å². The Balaban J connectivity index is 2.38. The second kappa shape index (κ2) is 8.10. The Bertz CT molecular complexity index is 741. The van der Waals surface area contributed by atoms with E-state index < -0.39 is 11.8 Å². The van der Waals surface area contributed by atoms with E-state index in [-0.39, 0.29) is 24.3 Å². The summed E-state index contributed by atoms with van der Waals surface area (Å²) < 4.78 is 18.7. The number of benzene rings is 2. The van der Waals surface area contributed by atoms with Crippen LogP contribution in [-0.4, -0.2) is 35.5 Å². The highest BCUT2D eigenvalue weighted by molar-refractivity contribution is 6.14. The lowest BCUT2D eigenvalue weighted by molar-refractivity contribution is -0.137. The van der Waals surface area contributed by atoms with Crippen molar-refractivity contribution in [2.75, 3.05) is 13.7 Å². The molecule has 0 heterocycles. The summed E-state index contributed by atoms with van der Waals surface area (Å²) in [6.07, 6.45) is 0.347. The number of aromatic hydroxyl groups is 1. The molecule has 24 heavy (non-hydrogen) atoms. The fraction of sp³-hybridized carbons (Fsp3) is 0.222. The van der Waals surface area contributed by atoms with Gasteiger partial charge in [-0.25, -0.2) is 4.39 Å². The van der Waals surface area contributed by atoms with E-state index in [1.807, 2.05) is 0 Å². The molecule has 5 nitrogen and oxygen atoms in total. The molecule has 0 saturated heterocycles. The minimum Gasteiger partial charge on any atom is -0.507 e. The van der Waals surface area contributed by atoms with Crippen LogP contribution < -0.4 is 4.74 Å². The van der Waals surface area contributed by atoms with Crippen LogP contribution in [0.2, 0.25) is 0 Å². The molecule has 0 unspecified atom stereocenters. The Hall–Kier alpha value is -2.89. The van der Waals surface area contributed by atoms with E-state index in [1.54, 1.807) is 31.4 Å². The first-order chi connectivity index (χ1) is 11.5. The van der Waals surface area contributed by atoms with E-state index in [1.165, 1.54) is 12.1 Å². The minimum absolute atomic E-state index is 0.00543. The average molecular weight is 330 g/mol. The minimum atomic E-state index is -0.898. The average Bonchev–Trinajstić information content (AvgIpc) is 2.57. The molecular formula is C18H18FNO4. The van der Waals surface area contributed by atoms with Crippen LogP contribution in [0, 0.1) is 5.82 Å². The van der Waals surface area contributed by atoms with Gasteiger partial charge in [0.25, 0.3) is 0 Å². The zero-order valence-corrected chi connectivity index (χ0v) is 13.2. The molecule has 0 aliphatic rings. The number of nitrogens with zero attached hydrogens (tertiary/aromatic N) is 1. The van der Waals surface area contributed by atoms with Crippen molar-refractivity contribution in [2.24, 2.45) is 4.99 Å². The molecular weight excluding hydrogens is 312 g/mol. The third-order valence-corrected chi connectivity index (χ3v) is 3.40. The Morgan fingerprint density at radius 2 is 1.92 bits per heavy atom. The Morgan fingerprint density at radius 3 is 2.54 bits per heavy atom. The summed E-state index contributed by atoms with van der Waals surface area (Å²) in [5.41, 5.74) is 1.34. The zero-order valence-electron chi connectivity index (χ0n) is 13.2. The summed E-state index contributed by atoms with van der Waals surface area (Å²) in [5, 5.41) is 18.7. The Morgan fingerprint density at radius 1 is 1.21 bits per heavy atom. The molecule has 0 atom stereocenters. The fourth-order valence-corrected chi connectivity index (χ4v) is 2.20. The lowest BCUT2D eigenvalue weighted by Crippen LogP contribution is -2.06. The highest BCUT2D eigenvalue weighted by Crippen LogP contribution is 2.23. The maximum atomic E-state index is 13.6. The number of hydrogen-bond donors (Lipinski definition) is 2. The van der Waals surface area contributed by atoms with Crippen molar-refractivity contribution >= 4 is 11.7 Å². The van der Waals surface area contributed by atoms with Crippen LogP contribution in [0.5, 0.6) is 11.5 Å². The largest absolute Gasteiger partial charge is 0.507 e. The van der Waals surface area contributed by atoms with Crippen LogP contribution in [0.1, 0.15) is 24.0 Å². The maximum Gasteiger partial charge on any atom is 0.303 e. The number of aliphatic imine (C=N–C) groups is 1. The van der Waals surface area contributed by atoms with Gasteiger partial charge in [0.2, 0.25) is 0 Å². The van der Waals surface area contributed by atoms with E-state index in [0.29, 0.717) is 23.4 Å². The molecule has 0 radical (unpaired) electrons. The van der Waals surface area contributed by atoms with Crippen molar-refractivity contribution in [2.45, 2.75) is 12.8 Å². The second-order valence-corrected chi connectivity index (χ2v) is 5.12. The van der Waals surface area contributed by atoms with Gasteiger partial charge in [0, 0.05) is 24.1 Å². The van der Waals surface area contributed by atoms with E-state index >= 15 is 0 Å².